The molecule has 20 heavy (non-hydrogen) atoms. The molecule has 1 aromatic carbocycles. The molecule has 0 saturated heterocycles. The van der Waals surface area contributed by atoms with Crippen LogP contribution in [0.1, 0.15) is 15.9 Å². The van der Waals surface area contributed by atoms with Crippen LogP contribution in [0, 0.1) is 17.0 Å². The molecular weight excluding hydrogens is 262 g/mol. The second kappa shape index (κ2) is 5.35. The van der Waals surface area contributed by atoms with Gasteiger partial charge in [0.05, 0.1) is 16.8 Å². The number of benzene rings is 1. The van der Waals surface area contributed by atoms with Gasteiger partial charge in [0.2, 0.25) is 0 Å². The first kappa shape index (κ1) is 13.5. The van der Waals surface area contributed by atoms with Crippen molar-refractivity contribution in [3.63, 3.8) is 0 Å². The van der Waals surface area contributed by atoms with Gasteiger partial charge < -0.3 is 10.4 Å². The summed E-state index contributed by atoms with van der Waals surface area (Å²) >= 11 is 0. The number of pyridine rings is 1. The molecule has 2 rings (SSSR count). The first-order chi connectivity index (χ1) is 9.47. The average Bonchev–Trinajstić information content (AvgIpc) is 2.38. The molecule has 0 bridgehead atoms. The van der Waals surface area contributed by atoms with Crippen LogP contribution in [-0.4, -0.2) is 20.9 Å². The number of nitro benzene ring substituents is 1. The molecule has 1 aromatic heterocycles. The number of phenolic OH excluding ortho intramolecular Hbond substituents is 1. The number of hydrogen-bond acceptors (Lipinski definition) is 5. The van der Waals surface area contributed by atoms with E-state index in [-0.39, 0.29) is 5.56 Å². The Morgan fingerprint density at radius 3 is 2.70 bits per heavy atom. The van der Waals surface area contributed by atoms with Crippen molar-refractivity contribution >= 4 is 17.3 Å². The zero-order chi connectivity index (χ0) is 14.7. The summed E-state index contributed by atoms with van der Waals surface area (Å²) in [5, 5.41) is 22.6. The number of nitrogens with zero attached hydrogens (tertiary/aromatic N) is 2. The summed E-state index contributed by atoms with van der Waals surface area (Å²) in [4.78, 5) is 25.7. The lowest BCUT2D eigenvalue weighted by atomic mass is 10.1. The van der Waals surface area contributed by atoms with Gasteiger partial charge in [-0.05, 0) is 30.7 Å². The smallest absolute Gasteiger partial charge is 0.310 e. The standard InChI is InChI=1S/C13H11N3O4/c1-8-4-10(7-14-6-8)15-13(18)9-2-3-11(16(19)20)12(17)5-9/h2-7,17H,1H3,(H,15,18). The summed E-state index contributed by atoms with van der Waals surface area (Å²) < 4.78 is 0. The number of nitro groups is 1. The molecule has 7 nitrogen and oxygen atoms in total. The summed E-state index contributed by atoms with van der Waals surface area (Å²) in [6.07, 6.45) is 3.13. The van der Waals surface area contributed by atoms with E-state index in [1.165, 1.54) is 12.3 Å². The Morgan fingerprint density at radius 2 is 2.10 bits per heavy atom. The van der Waals surface area contributed by atoms with Crippen LogP contribution in [0.25, 0.3) is 0 Å². The van der Waals surface area contributed by atoms with E-state index in [0.717, 1.165) is 17.7 Å². The van der Waals surface area contributed by atoms with E-state index in [4.69, 9.17) is 0 Å². The van der Waals surface area contributed by atoms with Gasteiger partial charge in [-0.2, -0.15) is 0 Å². The average molecular weight is 273 g/mol. The number of nitrogens with one attached hydrogen (secondary N) is 1. The number of carbonyl (C=O) groups excluding carboxylic acids is 1. The van der Waals surface area contributed by atoms with Crippen molar-refractivity contribution in [2.75, 3.05) is 5.32 Å². The number of phenols is 1. The number of aromatic hydroxyl groups is 1. The van der Waals surface area contributed by atoms with Gasteiger partial charge in [-0.15, -0.1) is 0 Å². The Hall–Kier alpha value is -2.96. The topological polar surface area (TPSA) is 105 Å². The van der Waals surface area contributed by atoms with Gasteiger partial charge >= 0.3 is 5.69 Å². The Bertz CT molecular complexity index is 685. The summed E-state index contributed by atoms with van der Waals surface area (Å²) in [5.74, 6) is -1.03. The van der Waals surface area contributed by atoms with Crippen LogP contribution in [0.4, 0.5) is 11.4 Å². The van der Waals surface area contributed by atoms with E-state index in [2.05, 4.69) is 10.3 Å². The maximum absolute atomic E-state index is 11.9. The molecule has 0 radical (unpaired) electrons. The van der Waals surface area contributed by atoms with Crippen LogP contribution >= 0.6 is 0 Å². The highest BCUT2D eigenvalue weighted by molar-refractivity contribution is 6.04. The molecule has 0 aliphatic heterocycles. The van der Waals surface area contributed by atoms with Crippen molar-refractivity contribution in [3.8, 4) is 5.75 Å². The van der Waals surface area contributed by atoms with Crippen LogP contribution in [0.3, 0.4) is 0 Å². The highest BCUT2D eigenvalue weighted by atomic mass is 16.6. The monoisotopic (exact) mass is 273 g/mol. The van der Waals surface area contributed by atoms with Crippen LogP contribution in [0.15, 0.2) is 36.7 Å². The minimum Gasteiger partial charge on any atom is -0.502 e. The number of carbonyl (C=O) groups is 1. The summed E-state index contributed by atoms with van der Waals surface area (Å²) in [5.41, 5.74) is 1.07. The van der Waals surface area contributed by atoms with Gasteiger partial charge in [0.15, 0.2) is 5.75 Å². The maximum Gasteiger partial charge on any atom is 0.310 e. The molecule has 0 aliphatic rings. The van der Waals surface area contributed by atoms with E-state index in [9.17, 15) is 20.0 Å². The van der Waals surface area contributed by atoms with Crippen molar-refractivity contribution < 1.29 is 14.8 Å². The SMILES string of the molecule is Cc1cncc(NC(=O)c2ccc([N+](=O)[O-])c(O)c2)c1. The first-order valence-electron chi connectivity index (χ1n) is 5.68. The zero-order valence-corrected chi connectivity index (χ0v) is 10.5. The quantitative estimate of drug-likeness (QED) is 0.659. The fourth-order valence-corrected chi connectivity index (χ4v) is 1.65. The van der Waals surface area contributed by atoms with E-state index in [1.807, 2.05) is 6.92 Å². The number of aromatic nitrogens is 1. The van der Waals surface area contributed by atoms with Gasteiger partial charge in [-0.25, -0.2) is 0 Å². The third-order valence-corrected chi connectivity index (χ3v) is 2.57. The lowest BCUT2D eigenvalue weighted by Crippen LogP contribution is -2.12. The Morgan fingerprint density at radius 1 is 1.35 bits per heavy atom. The minimum atomic E-state index is -0.721. The third-order valence-electron chi connectivity index (χ3n) is 2.57. The number of hydrogen-bond donors (Lipinski definition) is 2. The van der Waals surface area contributed by atoms with Crippen molar-refractivity contribution in [1.29, 1.82) is 0 Å². The number of rotatable bonds is 3. The highest BCUT2D eigenvalue weighted by Gasteiger charge is 2.16. The van der Waals surface area contributed by atoms with Crippen molar-refractivity contribution in [1.82, 2.24) is 4.98 Å². The van der Waals surface area contributed by atoms with Gasteiger partial charge in [0.1, 0.15) is 0 Å². The lowest BCUT2D eigenvalue weighted by Gasteiger charge is -2.06. The fourth-order valence-electron chi connectivity index (χ4n) is 1.65. The number of amides is 1. The minimum absolute atomic E-state index is 0.120. The number of anilines is 1. The first-order valence-corrected chi connectivity index (χ1v) is 5.68. The van der Waals surface area contributed by atoms with Gasteiger partial charge in [-0.1, -0.05) is 0 Å². The van der Waals surface area contributed by atoms with Crippen LogP contribution in [0.5, 0.6) is 5.75 Å². The molecule has 0 aliphatic carbocycles. The maximum atomic E-state index is 11.9. The van der Waals surface area contributed by atoms with E-state index in [1.54, 1.807) is 12.3 Å². The van der Waals surface area contributed by atoms with E-state index in [0.29, 0.717) is 5.69 Å². The Balaban J connectivity index is 2.22. The lowest BCUT2D eigenvalue weighted by molar-refractivity contribution is -0.385. The van der Waals surface area contributed by atoms with E-state index < -0.39 is 22.3 Å². The zero-order valence-electron chi connectivity index (χ0n) is 10.5. The molecule has 102 valence electrons. The highest BCUT2D eigenvalue weighted by Crippen LogP contribution is 2.26. The van der Waals surface area contributed by atoms with Crippen molar-refractivity contribution in [2.45, 2.75) is 6.92 Å². The van der Waals surface area contributed by atoms with Crippen molar-refractivity contribution in [2.24, 2.45) is 0 Å². The summed E-state index contributed by atoms with van der Waals surface area (Å²) in [7, 11) is 0. The van der Waals surface area contributed by atoms with Crippen LogP contribution in [0.2, 0.25) is 0 Å². The third kappa shape index (κ3) is 2.89. The fraction of sp³-hybridized carbons (Fsp3) is 0.0769. The van der Waals surface area contributed by atoms with Crippen LogP contribution in [-0.2, 0) is 0 Å². The normalized spacial score (nSPS) is 10.1. The molecule has 1 amide bonds. The predicted octanol–water partition coefficient (Wildman–Crippen LogP) is 2.26. The van der Waals surface area contributed by atoms with Crippen LogP contribution < -0.4 is 5.32 Å². The largest absolute Gasteiger partial charge is 0.502 e. The molecule has 1 heterocycles. The van der Waals surface area contributed by atoms with E-state index >= 15 is 0 Å². The molecule has 7 heteroatoms. The molecular formula is C13H11N3O4. The second-order valence-electron chi connectivity index (χ2n) is 4.17. The summed E-state index contributed by atoms with van der Waals surface area (Å²) in [6, 6.07) is 5.14. The van der Waals surface area contributed by atoms with Crippen molar-refractivity contribution in [3.05, 3.63) is 57.9 Å². The molecule has 0 saturated carbocycles. The predicted molar refractivity (Wildman–Crippen MR) is 71.7 cm³/mol. The Labute approximate surface area is 114 Å². The molecule has 2 N–H and O–H groups in total. The van der Waals surface area contributed by atoms with Gasteiger partial charge in [-0.3, -0.25) is 19.9 Å². The molecule has 0 spiro atoms. The second-order valence-corrected chi connectivity index (χ2v) is 4.17. The Kier molecular flexibility index (Phi) is 3.60. The van der Waals surface area contributed by atoms with Gasteiger partial charge in [0, 0.05) is 17.8 Å². The molecule has 0 atom stereocenters. The summed E-state index contributed by atoms with van der Waals surface area (Å²) in [6.45, 7) is 1.83. The molecule has 2 aromatic rings. The van der Waals surface area contributed by atoms with Gasteiger partial charge in [0.25, 0.3) is 5.91 Å². The molecule has 0 unspecified atom stereocenters. The number of aryl methyl sites for hydroxylation is 1. The molecule has 0 fully saturated rings.